The predicted molar refractivity (Wildman–Crippen MR) is 132 cm³/mol. The SMILES string of the molecule is CCCc1nc(N2CCN(C(=O)Nc3cccc(Cl)c3)CC2)c2c3c(sc2n1)CCCC3. The average molecular weight is 470 g/mol. The molecule has 3 aromatic rings. The van der Waals surface area contributed by atoms with Crippen molar-refractivity contribution >= 4 is 50.7 Å². The molecule has 2 aliphatic rings. The van der Waals surface area contributed by atoms with Crippen LogP contribution in [0, 0.1) is 0 Å². The van der Waals surface area contributed by atoms with Gasteiger partial charge in [-0.3, -0.25) is 0 Å². The number of benzene rings is 1. The molecule has 6 nitrogen and oxygen atoms in total. The summed E-state index contributed by atoms with van der Waals surface area (Å²) in [6.45, 7) is 5.03. The second-order valence-corrected chi connectivity index (χ2v) is 10.0. The number of anilines is 2. The number of hydrogen-bond acceptors (Lipinski definition) is 5. The van der Waals surface area contributed by atoms with Crippen LogP contribution in [0.3, 0.4) is 0 Å². The highest BCUT2D eigenvalue weighted by atomic mass is 35.5. The van der Waals surface area contributed by atoms with Crippen molar-refractivity contribution in [1.82, 2.24) is 14.9 Å². The number of nitrogens with one attached hydrogen (secondary N) is 1. The van der Waals surface area contributed by atoms with Crippen molar-refractivity contribution < 1.29 is 4.79 Å². The Bertz CT molecular complexity index is 1140. The van der Waals surface area contributed by atoms with E-state index in [0.717, 1.165) is 60.9 Å². The predicted octanol–water partition coefficient (Wildman–Crippen LogP) is 5.53. The lowest BCUT2D eigenvalue weighted by Gasteiger charge is -2.36. The summed E-state index contributed by atoms with van der Waals surface area (Å²) in [5.74, 6) is 2.02. The van der Waals surface area contributed by atoms with Gasteiger partial charge in [-0.05, 0) is 55.9 Å². The molecule has 1 fully saturated rings. The molecule has 2 aromatic heterocycles. The third kappa shape index (κ3) is 4.28. The summed E-state index contributed by atoms with van der Waals surface area (Å²) in [7, 11) is 0. The van der Waals surface area contributed by atoms with Crippen molar-refractivity contribution in [3.63, 3.8) is 0 Å². The fraction of sp³-hybridized carbons (Fsp3) is 0.458. The van der Waals surface area contributed by atoms with Crippen molar-refractivity contribution in [2.75, 3.05) is 36.4 Å². The van der Waals surface area contributed by atoms with Gasteiger partial charge in [0.2, 0.25) is 0 Å². The van der Waals surface area contributed by atoms with Crippen LogP contribution in [0.15, 0.2) is 24.3 Å². The molecule has 0 bridgehead atoms. The van der Waals surface area contributed by atoms with Crippen LogP contribution in [0.1, 0.15) is 42.5 Å². The molecule has 0 atom stereocenters. The monoisotopic (exact) mass is 469 g/mol. The number of carbonyl (C=O) groups excluding carboxylic acids is 1. The number of rotatable bonds is 4. The van der Waals surface area contributed by atoms with Gasteiger partial charge in [0.1, 0.15) is 16.5 Å². The van der Waals surface area contributed by atoms with E-state index in [-0.39, 0.29) is 6.03 Å². The van der Waals surface area contributed by atoms with Crippen LogP contribution in [0.4, 0.5) is 16.3 Å². The van der Waals surface area contributed by atoms with Crippen LogP contribution in [0.5, 0.6) is 0 Å². The Balaban J connectivity index is 1.36. The molecule has 168 valence electrons. The fourth-order valence-electron chi connectivity index (χ4n) is 4.64. The molecule has 32 heavy (non-hydrogen) atoms. The molecule has 8 heteroatoms. The van der Waals surface area contributed by atoms with E-state index in [1.807, 2.05) is 28.4 Å². The molecule has 1 aliphatic carbocycles. The highest BCUT2D eigenvalue weighted by molar-refractivity contribution is 7.19. The first-order valence-corrected chi connectivity index (χ1v) is 12.7. The molecule has 1 N–H and O–H groups in total. The first kappa shape index (κ1) is 21.5. The van der Waals surface area contributed by atoms with Crippen molar-refractivity contribution in [1.29, 1.82) is 0 Å². The lowest BCUT2D eigenvalue weighted by molar-refractivity contribution is 0.208. The zero-order valence-corrected chi connectivity index (χ0v) is 19.9. The van der Waals surface area contributed by atoms with Crippen LogP contribution >= 0.6 is 22.9 Å². The van der Waals surface area contributed by atoms with Gasteiger partial charge in [-0.15, -0.1) is 11.3 Å². The van der Waals surface area contributed by atoms with Crippen LogP contribution < -0.4 is 10.2 Å². The van der Waals surface area contributed by atoms with Crippen LogP contribution in [-0.2, 0) is 19.3 Å². The largest absolute Gasteiger partial charge is 0.352 e. The Hall–Kier alpha value is -2.38. The second kappa shape index (κ2) is 9.24. The Morgan fingerprint density at radius 1 is 1.16 bits per heavy atom. The molecule has 5 rings (SSSR count). The number of carbonyl (C=O) groups is 1. The van der Waals surface area contributed by atoms with Gasteiger partial charge in [0.15, 0.2) is 0 Å². The summed E-state index contributed by atoms with van der Waals surface area (Å²) in [6.07, 6.45) is 6.73. The Morgan fingerprint density at radius 3 is 2.75 bits per heavy atom. The summed E-state index contributed by atoms with van der Waals surface area (Å²) in [5, 5.41) is 4.84. The lowest BCUT2D eigenvalue weighted by Crippen LogP contribution is -2.50. The summed E-state index contributed by atoms with van der Waals surface area (Å²) in [4.78, 5) is 29.6. The van der Waals surface area contributed by atoms with E-state index in [0.29, 0.717) is 18.1 Å². The van der Waals surface area contributed by atoms with Crippen molar-refractivity contribution in [3.8, 4) is 0 Å². The lowest BCUT2D eigenvalue weighted by atomic mass is 9.97. The van der Waals surface area contributed by atoms with Crippen molar-refractivity contribution in [2.45, 2.75) is 45.4 Å². The molecule has 1 saturated heterocycles. The minimum atomic E-state index is -0.0839. The van der Waals surface area contributed by atoms with Crippen LogP contribution in [-0.4, -0.2) is 47.1 Å². The topological polar surface area (TPSA) is 61.4 Å². The third-order valence-corrected chi connectivity index (χ3v) is 7.68. The smallest absolute Gasteiger partial charge is 0.321 e. The maximum absolute atomic E-state index is 12.8. The Kier molecular flexibility index (Phi) is 6.20. The van der Waals surface area contributed by atoms with Gasteiger partial charge < -0.3 is 15.1 Å². The zero-order valence-electron chi connectivity index (χ0n) is 18.4. The van der Waals surface area contributed by atoms with Gasteiger partial charge in [0.05, 0.1) is 5.39 Å². The standard InChI is InChI=1S/C24H28ClN5OS/c1-2-6-20-27-22(21-18-9-3-4-10-19(18)32-23(21)28-20)29-11-13-30(14-12-29)24(31)26-17-8-5-7-16(25)15-17/h5,7-8,15H,2-4,6,9-14H2,1H3,(H,26,31). The highest BCUT2D eigenvalue weighted by Crippen LogP contribution is 2.40. The average Bonchev–Trinajstić information content (AvgIpc) is 3.17. The second-order valence-electron chi connectivity index (χ2n) is 8.52. The number of piperazine rings is 1. The minimum Gasteiger partial charge on any atom is -0.352 e. The van der Waals surface area contributed by atoms with Gasteiger partial charge in [-0.25, -0.2) is 14.8 Å². The number of urea groups is 1. The van der Waals surface area contributed by atoms with Crippen LogP contribution in [0.25, 0.3) is 10.2 Å². The number of aromatic nitrogens is 2. The van der Waals surface area contributed by atoms with Crippen LogP contribution in [0.2, 0.25) is 5.02 Å². The van der Waals surface area contributed by atoms with E-state index < -0.39 is 0 Å². The molecule has 0 saturated carbocycles. The first-order valence-electron chi connectivity index (χ1n) is 11.5. The van der Waals surface area contributed by atoms with Crippen molar-refractivity contribution in [3.05, 3.63) is 45.6 Å². The molecular formula is C24H28ClN5OS. The number of fused-ring (bicyclic) bond motifs is 3. The molecule has 1 aromatic carbocycles. The summed E-state index contributed by atoms with van der Waals surface area (Å²) >= 11 is 7.90. The third-order valence-electron chi connectivity index (χ3n) is 6.26. The number of nitrogens with zero attached hydrogens (tertiary/aromatic N) is 4. The van der Waals surface area contributed by atoms with E-state index in [2.05, 4.69) is 17.1 Å². The summed E-state index contributed by atoms with van der Waals surface area (Å²) < 4.78 is 0. The molecule has 0 unspecified atom stereocenters. The number of hydrogen-bond donors (Lipinski definition) is 1. The molecule has 1 aliphatic heterocycles. The summed E-state index contributed by atoms with van der Waals surface area (Å²) in [6, 6.07) is 7.17. The van der Waals surface area contributed by atoms with E-state index in [9.17, 15) is 4.79 Å². The van der Waals surface area contributed by atoms with Gasteiger partial charge in [0.25, 0.3) is 0 Å². The summed E-state index contributed by atoms with van der Waals surface area (Å²) in [5.41, 5.74) is 2.19. The zero-order chi connectivity index (χ0) is 22.1. The molecule has 0 radical (unpaired) electrons. The Labute approximate surface area is 197 Å². The first-order chi connectivity index (χ1) is 15.6. The molecular weight excluding hydrogens is 442 g/mol. The molecule has 2 amide bonds. The number of thiophene rings is 1. The number of amides is 2. The van der Waals surface area contributed by atoms with E-state index >= 15 is 0 Å². The number of aryl methyl sites for hydroxylation is 3. The van der Waals surface area contributed by atoms with Gasteiger partial charge in [-0.2, -0.15) is 0 Å². The minimum absolute atomic E-state index is 0.0839. The maximum Gasteiger partial charge on any atom is 0.321 e. The molecule has 3 heterocycles. The highest BCUT2D eigenvalue weighted by Gasteiger charge is 2.27. The van der Waals surface area contributed by atoms with E-state index in [4.69, 9.17) is 21.6 Å². The fourth-order valence-corrected chi connectivity index (χ4v) is 6.10. The van der Waals surface area contributed by atoms with Gasteiger partial charge in [-0.1, -0.05) is 24.6 Å². The Morgan fingerprint density at radius 2 is 1.97 bits per heavy atom. The molecule has 0 spiro atoms. The maximum atomic E-state index is 12.8. The van der Waals surface area contributed by atoms with Gasteiger partial charge >= 0.3 is 6.03 Å². The number of halogens is 1. The quantitative estimate of drug-likeness (QED) is 0.545. The van der Waals surface area contributed by atoms with E-state index in [1.165, 1.54) is 28.7 Å². The van der Waals surface area contributed by atoms with Gasteiger partial charge in [0, 0.05) is 48.2 Å². The van der Waals surface area contributed by atoms with Crippen molar-refractivity contribution in [2.24, 2.45) is 0 Å². The normalized spacial score (nSPS) is 16.3. The van der Waals surface area contributed by atoms with E-state index in [1.54, 1.807) is 12.1 Å².